The number of anilines is 1. The van der Waals surface area contributed by atoms with Crippen molar-refractivity contribution in [3.63, 3.8) is 0 Å². The topological polar surface area (TPSA) is 130 Å². The van der Waals surface area contributed by atoms with E-state index in [-0.39, 0.29) is 43.9 Å². The van der Waals surface area contributed by atoms with E-state index in [4.69, 9.17) is 4.74 Å². The van der Waals surface area contributed by atoms with E-state index in [0.29, 0.717) is 26.8 Å². The van der Waals surface area contributed by atoms with Gasteiger partial charge in [-0.2, -0.15) is 0 Å². The van der Waals surface area contributed by atoms with Gasteiger partial charge in [0.15, 0.2) is 21.6 Å². The third kappa shape index (κ3) is 5.04. The smallest absolute Gasteiger partial charge is 0.301 e. The Morgan fingerprint density at radius 3 is 2.70 bits per heavy atom. The molecule has 1 aliphatic heterocycles. The average Bonchev–Trinajstić information content (AvgIpc) is 3.67. The number of phenolic OH excluding ortho intramolecular Hbond substituents is 1. The number of carbonyl (C=O) groups excluding carboxylic acids is 2. The summed E-state index contributed by atoms with van der Waals surface area (Å²) in [6.45, 7) is 1.69. The largest absolute Gasteiger partial charge is 0.505 e. The zero-order chi connectivity index (χ0) is 30.4. The van der Waals surface area contributed by atoms with Crippen LogP contribution in [0, 0.1) is 12.7 Å². The number of imidazole rings is 1. The van der Waals surface area contributed by atoms with Gasteiger partial charge in [-0.25, -0.2) is 9.37 Å². The third-order valence-corrected chi connectivity index (χ3v) is 9.58. The van der Waals surface area contributed by atoms with E-state index in [1.54, 1.807) is 53.9 Å². The van der Waals surface area contributed by atoms with Crippen LogP contribution in [0.3, 0.4) is 0 Å². The number of carbonyl (C=O) groups is 2. The molecular formula is C29H21BrFN5O5S2. The number of rotatable bonds is 7. The summed E-state index contributed by atoms with van der Waals surface area (Å²) in [4.78, 5) is 33.0. The van der Waals surface area contributed by atoms with Gasteiger partial charge < -0.3 is 14.9 Å². The molecule has 4 heterocycles. The highest BCUT2D eigenvalue weighted by molar-refractivity contribution is 9.10. The van der Waals surface area contributed by atoms with Crippen LogP contribution in [0.2, 0.25) is 0 Å². The Balaban J connectivity index is 1.49. The van der Waals surface area contributed by atoms with Crippen LogP contribution in [0.1, 0.15) is 28.6 Å². The van der Waals surface area contributed by atoms with Crippen molar-refractivity contribution in [3.8, 4) is 11.5 Å². The van der Waals surface area contributed by atoms with Crippen molar-refractivity contribution in [1.29, 1.82) is 0 Å². The summed E-state index contributed by atoms with van der Waals surface area (Å²) in [6, 6.07) is 13.5. The molecule has 1 atom stereocenters. The number of aliphatic hydroxyl groups excluding tert-OH is 1. The van der Waals surface area contributed by atoms with Crippen LogP contribution in [0.4, 0.5) is 9.52 Å². The highest BCUT2D eigenvalue weighted by Crippen LogP contribution is 2.47. The summed E-state index contributed by atoms with van der Waals surface area (Å²) in [6.07, 6.45) is 1.69. The molecule has 1 unspecified atom stereocenters. The normalized spacial score (nSPS) is 16.4. The Morgan fingerprint density at radius 2 is 1.93 bits per heavy atom. The number of thioether (sulfide) groups is 1. The fraction of sp³-hybridized carbons (Fsp3) is 0.138. The first-order chi connectivity index (χ1) is 20.7. The van der Waals surface area contributed by atoms with Gasteiger partial charge in [0.2, 0.25) is 5.13 Å². The van der Waals surface area contributed by atoms with E-state index in [9.17, 15) is 24.2 Å². The molecule has 0 bridgehead atoms. The lowest BCUT2D eigenvalue weighted by atomic mass is 9.96. The lowest BCUT2D eigenvalue weighted by Crippen LogP contribution is -2.29. The zero-order valence-electron chi connectivity index (χ0n) is 22.5. The van der Waals surface area contributed by atoms with E-state index in [2.05, 4.69) is 31.1 Å². The van der Waals surface area contributed by atoms with Crippen molar-refractivity contribution in [2.75, 3.05) is 12.0 Å². The summed E-state index contributed by atoms with van der Waals surface area (Å²) < 4.78 is 21.8. The summed E-state index contributed by atoms with van der Waals surface area (Å²) in [7, 11) is 1.37. The number of ketones is 1. The predicted molar refractivity (Wildman–Crippen MR) is 163 cm³/mol. The van der Waals surface area contributed by atoms with Gasteiger partial charge in [-0.1, -0.05) is 47.4 Å². The molecule has 0 spiro atoms. The van der Waals surface area contributed by atoms with Crippen LogP contribution in [0.15, 0.2) is 75.2 Å². The van der Waals surface area contributed by atoms with Crippen molar-refractivity contribution in [1.82, 2.24) is 19.6 Å². The van der Waals surface area contributed by atoms with Crippen molar-refractivity contribution in [3.05, 3.63) is 99.2 Å². The first-order valence-corrected chi connectivity index (χ1v) is 15.3. The van der Waals surface area contributed by atoms with Crippen molar-refractivity contribution in [2.24, 2.45) is 0 Å². The molecule has 1 saturated heterocycles. The molecule has 43 heavy (non-hydrogen) atoms. The number of ether oxygens (including phenoxy) is 1. The first kappa shape index (κ1) is 28.8. The minimum atomic E-state index is -1.17. The summed E-state index contributed by atoms with van der Waals surface area (Å²) in [5.41, 5.74) is 1.87. The molecule has 3 aromatic heterocycles. The number of pyridine rings is 1. The van der Waals surface area contributed by atoms with Crippen molar-refractivity contribution < 1.29 is 28.9 Å². The van der Waals surface area contributed by atoms with Gasteiger partial charge in [0.05, 0.1) is 28.9 Å². The molecular weight excluding hydrogens is 661 g/mol. The molecule has 0 aliphatic carbocycles. The van der Waals surface area contributed by atoms with Gasteiger partial charge in [0, 0.05) is 11.9 Å². The molecule has 6 rings (SSSR count). The highest BCUT2D eigenvalue weighted by atomic mass is 79.9. The maximum absolute atomic E-state index is 14.2. The second-order valence-corrected chi connectivity index (χ2v) is 12.5. The summed E-state index contributed by atoms with van der Waals surface area (Å²) >= 11 is 5.60. The van der Waals surface area contributed by atoms with Gasteiger partial charge in [0.1, 0.15) is 17.2 Å². The molecule has 5 aromatic rings. The van der Waals surface area contributed by atoms with Crippen molar-refractivity contribution >= 4 is 67.3 Å². The van der Waals surface area contributed by atoms with E-state index >= 15 is 0 Å². The van der Waals surface area contributed by atoms with Crippen LogP contribution in [0.25, 0.3) is 11.4 Å². The Morgan fingerprint density at radius 1 is 1.16 bits per heavy atom. The number of aromatic hydroxyl groups is 1. The van der Waals surface area contributed by atoms with Gasteiger partial charge in [-0.05, 0) is 64.3 Å². The van der Waals surface area contributed by atoms with Crippen LogP contribution in [-0.4, -0.2) is 48.6 Å². The van der Waals surface area contributed by atoms with Gasteiger partial charge in [0.25, 0.3) is 5.78 Å². The number of halogens is 2. The number of benzene rings is 2. The van der Waals surface area contributed by atoms with E-state index in [1.807, 2.05) is 0 Å². The maximum atomic E-state index is 14.2. The number of fused-ring (bicyclic) bond motifs is 1. The summed E-state index contributed by atoms with van der Waals surface area (Å²) in [5.74, 6) is -2.46. The third-order valence-electron chi connectivity index (χ3n) is 6.87. The maximum Gasteiger partial charge on any atom is 0.301 e. The molecule has 10 nitrogen and oxygen atoms in total. The van der Waals surface area contributed by atoms with Crippen LogP contribution in [-0.2, 0) is 15.3 Å². The second kappa shape index (κ2) is 11.4. The number of phenols is 1. The number of hydrogen-bond donors (Lipinski definition) is 2. The van der Waals surface area contributed by atoms with Crippen molar-refractivity contribution in [2.45, 2.75) is 23.1 Å². The number of hydrogen-bond acceptors (Lipinski definition) is 10. The number of Topliss-reactive ketones (excluding diaryl/α,β-unsaturated/α-hetero) is 1. The van der Waals surface area contributed by atoms with Crippen LogP contribution >= 0.6 is 39.0 Å². The van der Waals surface area contributed by atoms with Gasteiger partial charge >= 0.3 is 5.91 Å². The van der Waals surface area contributed by atoms with Gasteiger partial charge in [-0.15, -0.1) is 10.2 Å². The zero-order valence-corrected chi connectivity index (χ0v) is 25.7. The Kier molecular flexibility index (Phi) is 7.66. The first-order valence-electron chi connectivity index (χ1n) is 12.7. The van der Waals surface area contributed by atoms with E-state index in [1.165, 1.54) is 37.1 Å². The highest BCUT2D eigenvalue weighted by Gasteiger charge is 2.49. The Hall–Kier alpha value is -4.27. The Bertz CT molecular complexity index is 1960. The fourth-order valence-corrected chi connectivity index (χ4v) is 7.21. The minimum absolute atomic E-state index is 0.0827. The second-order valence-electron chi connectivity index (χ2n) is 9.43. The number of aliphatic hydroxyl groups is 1. The number of nitrogens with zero attached hydrogens (tertiary/aromatic N) is 5. The van der Waals surface area contributed by atoms with Crippen LogP contribution in [0.5, 0.6) is 11.5 Å². The fourth-order valence-electron chi connectivity index (χ4n) is 4.89. The number of aromatic nitrogens is 4. The standard InChI is InChI=1S/C29H21BrFN5O5S2/c1-14-22(35-10-6-5-9-20(35)32-14)25(38)21-23(16-11-17(30)24(37)19(12-16)41-2)36(27(40)26(21)39)28-33-34-29(43-28)42-13-15-7-3-4-8-18(15)31/h3-12,23,37-38H,13H2,1-2H3/b25-21+. The molecule has 2 N–H and O–H groups in total. The summed E-state index contributed by atoms with van der Waals surface area (Å²) in [5, 5.41) is 30.6. The lowest BCUT2D eigenvalue weighted by Gasteiger charge is -2.23. The molecule has 1 amide bonds. The molecule has 0 radical (unpaired) electrons. The molecule has 0 saturated carbocycles. The minimum Gasteiger partial charge on any atom is -0.505 e. The SMILES string of the molecule is COc1cc(C2/C(=C(\O)c3c(C)nc4ccccn34)C(=O)C(=O)N2c2nnc(SCc3ccccc3F)s2)cc(Br)c1O. The number of amides is 1. The van der Waals surface area contributed by atoms with Crippen LogP contribution < -0.4 is 9.64 Å². The quantitative estimate of drug-likeness (QED) is 0.0695. The molecule has 1 aliphatic rings. The molecule has 1 fully saturated rings. The molecule has 2 aromatic carbocycles. The average molecular weight is 683 g/mol. The lowest BCUT2D eigenvalue weighted by molar-refractivity contribution is -0.132. The predicted octanol–water partition coefficient (Wildman–Crippen LogP) is 6.03. The van der Waals surface area contributed by atoms with Gasteiger partial charge in [-0.3, -0.25) is 18.9 Å². The Labute approximate surface area is 260 Å². The molecule has 14 heteroatoms. The van der Waals surface area contributed by atoms with E-state index < -0.39 is 23.5 Å². The van der Waals surface area contributed by atoms with E-state index in [0.717, 1.165) is 16.2 Å². The monoisotopic (exact) mass is 681 g/mol. The number of aryl methyl sites for hydroxylation is 1. The molecule has 218 valence electrons. The number of methoxy groups -OCH3 is 1.